The number of hydrogen-bond donors (Lipinski definition) is 0. The Labute approximate surface area is 324 Å². The van der Waals surface area contributed by atoms with Crippen molar-refractivity contribution in [2.45, 2.75) is 66.4 Å². The molecule has 3 heterocycles. The lowest BCUT2D eigenvalue weighted by Crippen LogP contribution is -2.50. The van der Waals surface area contributed by atoms with Crippen molar-refractivity contribution in [1.29, 1.82) is 0 Å². The van der Waals surface area contributed by atoms with E-state index in [0.717, 1.165) is 41.2 Å². The summed E-state index contributed by atoms with van der Waals surface area (Å²) in [5, 5.41) is 0.901. The molecule has 0 radical (unpaired) electrons. The second-order valence-electron chi connectivity index (χ2n) is 15.0. The Morgan fingerprint density at radius 2 is 1.64 bits per heavy atom. The van der Waals surface area contributed by atoms with Crippen molar-refractivity contribution >= 4 is 40.8 Å². The number of amides is 1. The van der Waals surface area contributed by atoms with Crippen molar-refractivity contribution in [1.82, 2.24) is 14.7 Å². The number of carbonyl (C=O) groups excluding carboxylic acids is 2. The van der Waals surface area contributed by atoms with Gasteiger partial charge >= 0.3 is 5.97 Å². The molecular weight excluding hydrogens is 715 g/mol. The van der Waals surface area contributed by atoms with E-state index in [1.807, 2.05) is 104 Å². The van der Waals surface area contributed by atoms with Gasteiger partial charge in [-0.15, -0.1) is 0 Å². The van der Waals surface area contributed by atoms with Crippen LogP contribution in [0.1, 0.15) is 57.7 Å². The second-order valence-corrected chi connectivity index (χ2v) is 15.9. The monoisotopic (exact) mass is 765 g/mol. The van der Waals surface area contributed by atoms with Crippen molar-refractivity contribution in [2.24, 2.45) is 5.41 Å². The van der Waals surface area contributed by atoms with E-state index in [1.54, 1.807) is 19.1 Å². The molecule has 10 nitrogen and oxygen atoms in total. The smallest absolute Gasteiger partial charge is 0.316 e. The zero-order chi connectivity index (χ0) is 38.8. The molecule has 0 aliphatic carbocycles. The highest BCUT2D eigenvalue weighted by molar-refractivity contribution is 6.35. The standard InChI is InChI=1S/C41H50Cl2N4O6/c1-28-21-31(22-29(2)38(28)52-39(49)40(4,5)6)24-44-14-15-45(27-44)26-41(36-12-7-32(42)23-37(36)43)51-20-13-35(53-41)25-50-34-10-8-33(9-11-34)47-18-16-46(17-19-47)30(3)48/h7-12,14-15,21-23,35H,13,16-20,24-27H2,1-6H3/t35-,41-/m0/s1/i27D/t27?,35-,41-. The fourth-order valence-electron chi connectivity index (χ4n) is 6.78. The molecule has 284 valence electrons. The van der Waals surface area contributed by atoms with Crippen molar-refractivity contribution in [2.75, 3.05) is 57.5 Å². The number of benzene rings is 3. The minimum Gasteiger partial charge on any atom is -0.491 e. The average Bonchev–Trinajstić information content (AvgIpc) is 3.45. The van der Waals surface area contributed by atoms with Crippen LogP contribution in [-0.2, 0) is 31.4 Å². The Kier molecular flexibility index (Phi) is 11.4. The van der Waals surface area contributed by atoms with E-state index in [4.69, 9.17) is 42.1 Å². The van der Waals surface area contributed by atoms with Crippen LogP contribution >= 0.6 is 23.2 Å². The molecule has 3 aliphatic heterocycles. The van der Waals surface area contributed by atoms with Crippen LogP contribution in [-0.4, -0.2) is 85.3 Å². The van der Waals surface area contributed by atoms with Crippen LogP contribution in [0.5, 0.6) is 11.5 Å². The van der Waals surface area contributed by atoms with Crippen LogP contribution < -0.4 is 14.4 Å². The Hall–Kier alpha value is -3.96. The van der Waals surface area contributed by atoms with Gasteiger partial charge in [-0.2, -0.15) is 0 Å². The van der Waals surface area contributed by atoms with E-state index in [9.17, 15) is 11.0 Å². The molecule has 0 spiro atoms. The summed E-state index contributed by atoms with van der Waals surface area (Å²) < 4.78 is 34.5. The van der Waals surface area contributed by atoms with E-state index >= 15 is 0 Å². The van der Waals surface area contributed by atoms with Gasteiger partial charge in [0.1, 0.15) is 18.1 Å². The van der Waals surface area contributed by atoms with Gasteiger partial charge in [0.25, 0.3) is 0 Å². The summed E-state index contributed by atoms with van der Waals surface area (Å²) in [6.45, 7) is 14.5. The first kappa shape index (κ1) is 37.4. The molecule has 0 saturated carbocycles. The maximum Gasteiger partial charge on any atom is 0.316 e. The Balaban J connectivity index is 1.12. The van der Waals surface area contributed by atoms with Gasteiger partial charge in [-0.3, -0.25) is 9.59 Å². The maximum atomic E-state index is 12.6. The normalized spacial score (nSPS) is 22.2. The first-order valence-corrected chi connectivity index (χ1v) is 18.8. The molecule has 1 amide bonds. The van der Waals surface area contributed by atoms with Crippen molar-refractivity contribution in [3.63, 3.8) is 0 Å². The van der Waals surface area contributed by atoms with Gasteiger partial charge in [0.05, 0.1) is 37.7 Å². The first-order chi connectivity index (χ1) is 25.6. The summed E-state index contributed by atoms with van der Waals surface area (Å²) in [5.74, 6) is -0.176. The predicted molar refractivity (Wildman–Crippen MR) is 207 cm³/mol. The van der Waals surface area contributed by atoms with Crippen LogP contribution in [0, 0.1) is 19.3 Å². The highest BCUT2D eigenvalue weighted by Gasteiger charge is 2.44. The summed E-state index contributed by atoms with van der Waals surface area (Å²) in [4.78, 5) is 32.2. The maximum absolute atomic E-state index is 12.6. The summed E-state index contributed by atoms with van der Waals surface area (Å²) in [6.07, 6.45) is 4.05. The van der Waals surface area contributed by atoms with Crippen molar-refractivity contribution in [3.8, 4) is 11.5 Å². The fraction of sp³-hybridized carbons (Fsp3) is 0.463. The van der Waals surface area contributed by atoms with E-state index in [2.05, 4.69) is 4.90 Å². The minimum atomic E-state index is -1.30. The highest BCUT2D eigenvalue weighted by atomic mass is 35.5. The third kappa shape index (κ3) is 9.41. The number of aryl methyl sites for hydroxylation is 2. The SMILES string of the molecule is [2H]C1N(Cc2cc(C)c(OC(=O)C(C)(C)C)c(C)c2)C=CN1C[C@]1(c2ccc(Cl)cc2Cl)OCC[C@@H](COc2ccc(N3CCN(C(C)=O)CC3)cc2)O1. The van der Waals surface area contributed by atoms with Gasteiger partial charge in [0, 0.05) is 74.7 Å². The quantitative estimate of drug-likeness (QED) is 0.154. The third-order valence-electron chi connectivity index (χ3n) is 9.67. The molecule has 3 aromatic carbocycles. The van der Waals surface area contributed by atoms with Crippen LogP contribution in [0.4, 0.5) is 5.69 Å². The van der Waals surface area contributed by atoms with Gasteiger partial charge in [-0.25, -0.2) is 0 Å². The average molecular weight is 767 g/mol. The van der Waals surface area contributed by atoms with E-state index in [0.29, 0.717) is 60.6 Å². The van der Waals surface area contributed by atoms with Gasteiger partial charge < -0.3 is 38.5 Å². The number of nitrogens with zero attached hydrogens (tertiary/aromatic N) is 4. The van der Waals surface area contributed by atoms with E-state index < -0.39 is 17.8 Å². The number of rotatable bonds is 10. The number of piperazine rings is 1. The van der Waals surface area contributed by atoms with E-state index in [-0.39, 0.29) is 24.5 Å². The Bertz CT molecular complexity index is 1840. The lowest BCUT2D eigenvalue weighted by molar-refractivity contribution is -0.310. The Morgan fingerprint density at radius 3 is 2.28 bits per heavy atom. The highest BCUT2D eigenvalue weighted by Crippen LogP contribution is 2.40. The summed E-state index contributed by atoms with van der Waals surface area (Å²) >= 11 is 13.1. The number of anilines is 1. The minimum absolute atomic E-state index is 0.112. The van der Waals surface area contributed by atoms with E-state index in [1.165, 1.54) is 0 Å². The zero-order valence-electron chi connectivity index (χ0n) is 32.4. The summed E-state index contributed by atoms with van der Waals surface area (Å²) in [7, 11) is 0. The summed E-state index contributed by atoms with van der Waals surface area (Å²) in [6, 6.07) is 17.2. The van der Waals surface area contributed by atoms with Crippen molar-refractivity contribution in [3.05, 3.63) is 99.3 Å². The zero-order valence-corrected chi connectivity index (χ0v) is 32.9. The molecule has 6 rings (SSSR count). The molecular formula is C41H50Cl2N4O6. The molecule has 0 aromatic heterocycles. The molecule has 3 atom stereocenters. The number of carbonyl (C=O) groups is 2. The third-order valence-corrected chi connectivity index (χ3v) is 10.2. The second kappa shape index (κ2) is 16.2. The largest absolute Gasteiger partial charge is 0.491 e. The molecule has 1 unspecified atom stereocenters. The molecule has 2 fully saturated rings. The first-order valence-electron chi connectivity index (χ1n) is 18.6. The molecule has 3 aromatic rings. The van der Waals surface area contributed by atoms with Crippen LogP contribution in [0.3, 0.4) is 0 Å². The molecule has 0 N–H and O–H groups in total. The molecule has 53 heavy (non-hydrogen) atoms. The molecule has 2 saturated heterocycles. The van der Waals surface area contributed by atoms with Gasteiger partial charge in [0.15, 0.2) is 0 Å². The van der Waals surface area contributed by atoms with Gasteiger partial charge in [-0.05, 0) is 87.7 Å². The van der Waals surface area contributed by atoms with Crippen LogP contribution in [0.2, 0.25) is 10.0 Å². The summed E-state index contributed by atoms with van der Waals surface area (Å²) in [5.41, 5.74) is 3.81. The lowest BCUT2D eigenvalue weighted by Gasteiger charge is -2.43. The molecule has 12 heteroatoms. The number of halogens is 2. The predicted octanol–water partition coefficient (Wildman–Crippen LogP) is 7.51. The number of ether oxygens (including phenoxy) is 4. The topological polar surface area (TPSA) is 84.0 Å². The Morgan fingerprint density at radius 1 is 0.962 bits per heavy atom. The molecule has 3 aliphatic rings. The number of hydrogen-bond acceptors (Lipinski definition) is 9. The lowest BCUT2D eigenvalue weighted by atomic mass is 9.97. The van der Waals surface area contributed by atoms with Gasteiger partial charge in [0.2, 0.25) is 11.7 Å². The molecule has 0 bridgehead atoms. The van der Waals surface area contributed by atoms with Gasteiger partial charge in [-0.1, -0.05) is 41.4 Å². The van der Waals surface area contributed by atoms with Crippen LogP contribution in [0.15, 0.2) is 67.0 Å². The number of esters is 1. The van der Waals surface area contributed by atoms with Crippen LogP contribution in [0.25, 0.3) is 0 Å². The fourth-order valence-corrected chi connectivity index (χ4v) is 7.33. The van der Waals surface area contributed by atoms with Crippen molar-refractivity contribution < 1.29 is 29.9 Å².